The number of ether oxygens (including phenoxy) is 2. The Bertz CT molecular complexity index is 1060. The highest BCUT2D eigenvalue weighted by Crippen LogP contribution is 2.32. The number of hydrogen-bond acceptors (Lipinski definition) is 7. The maximum absolute atomic E-state index is 13.1. The number of amides is 1. The summed E-state index contributed by atoms with van der Waals surface area (Å²) in [5.74, 6) is -0.143. The van der Waals surface area contributed by atoms with Gasteiger partial charge in [0.15, 0.2) is 0 Å². The molecule has 2 aromatic rings. The molecule has 8 nitrogen and oxygen atoms in total. The predicted molar refractivity (Wildman–Crippen MR) is 125 cm³/mol. The summed E-state index contributed by atoms with van der Waals surface area (Å²) in [4.78, 5) is 36.1. The number of carbonyl (C=O) groups excluding carboxylic acids is 2. The van der Waals surface area contributed by atoms with Gasteiger partial charge in [0.25, 0.3) is 5.91 Å². The molecule has 1 atom stereocenters. The molecule has 0 radical (unpaired) electrons. The summed E-state index contributed by atoms with van der Waals surface area (Å²) in [6, 6.07) is 5.11. The summed E-state index contributed by atoms with van der Waals surface area (Å²) in [7, 11) is 0. The van der Waals surface area contributed by atoms with E-state index in [1.807, 2.05) is 12.1 Å². The monoisotopic (exact) mass is 472 g/mol. The largest absolute Gasteiger partial charge is 0.458 e. The van der Waals surface area contributed by atoms with Gasteiger partial charge in [-0.05, 0) is 52.2 Å². The second-order valence-corrected chi connectivity index (χ2v) is 9.84. The topological polar surface area (TPSA) is 93.7 Å². The van der Waals surface area contributed by atoms with Crippen molar-refractivity contribution in [3.8, 4) is 11.3 Å². The van der Waals surface area contributed by atoms with Gasteiger partial charge in [-0.25, -0.2) is 14.8 Å². The van der Waals surface area contributed by atoms with E-state index >= 15 is 0 Å². The molecule has 0 bridgehead atoms. The van der Waals surface area contributed by atoms with E-state index in [2.05, 4.69) is 15.3 Å². The summed E-state index contributed by atoms with van der Waals surface area (Å²) in [6.07, 6.45) is 3.35. The Balaban J connectivity index is 1.55. The number of fused-ring (bicyclic) bond motifs is 1. The van der Waals surface area contributed by atoms with Gasteiger partial charge in [0.2, 0.25) is 5.95 Å². The Kier molecular flexibility index (Phi) is 6.59. The first-order valence-corrected chi connectivity index (χ1v) is 11.5. The van der Waals surface area contributed by atoms with Crippen molar-refractivity contribution in [1.82, 2.24) is 14.9 Å². The van der Waals surface area contributed by atoms with Crippen molar-refractivity contribution in [2.24, 2.45) is 0 Å². The molecular weight excluding hydrogens is 444 g/mol. The van der Waals surface area contributed by atoms with Crippen LogP contribution in [0.1, 0.15) is 56.5 Å². The van der Waals surface area contributed by atoms with E-state index in [4.69, 9.17) is 21.1 Å². The van der Waals surface area contributed by atoms with Crippen LogP contribution in [-0.4, -0.2) is 57.6 Å². The van der Waals surface area contributed by atoms with Gasteiger partial charge in [-0.15, -0.1) is 0 Å². The third kappa shape index (κ3) is 5.28. The number of benzene rings is 1. The second kappa shape index (κ2) is 9.27. The van der Waals surface area contributed by atoms with Gasteiger partial charge < -0.3 is 19.7 Å². The maximum Gasteiger partial charge on any atom is 0.329 e. The number of hydrogen-bond donors (Lipinski definition) is 1. The van der Waals surface area contributed by atoms with E-state index in [0.29, 0.717) is 42.0 Å². The van der Waals surface area contributed by atoms with Gasteiger partial charge in [-0.3, -0.25) is 4.79 Å². The number of nitrogens with zero attached hydrogens (tertiary/aromatic N) is 3. The molecule has 4 rings (SSSR count). The zero-order valence-electron chi connectivity index (χ0n) is 19.4. The first-order chi connectivity index (χ1) is 15.6. The zero-order valence-corrected chi connectivity index (χ0v) is 20.1. The lowest BCUT2D eigenvalue weighted by molar-refractivity contribution is -0.159. The zero-order chi connectivity index (χ0) is 23.8. The van der Waals surface area contributed by atoms with Crippen molar-refractivity contribution < 1.29 is 19.1 Å². The summed E-state index contributed by atoms with van der Waals surface area (Å²) in [5, 5.41) is 3.74. The van der Waals surface area contributed by atoms with Crippen LogP contribution in [0.4, 0.5) is 5.95 Å². The lowest BCUT2D eigenvalue weighted by Crippen LogP contribution is -2.42. The van der Waals surface area contributed by atoms with Crippen LogP contribution in [0.3, 0.4) is 0 Å². The molecular formula is C24H29ClN4O4. The highest BCUT2D eigenvalue weighted by atomic mass is 35.5. The SMILES string of the molecule is C[C@H](C(=O)OC(C)(C)C)N1Cc2ccc(-c3nc(NC4CCOCC4)ncc3Cl)cc2C1=O. The number of anilines is 1. The van der Waals surface area contributed by atoms with Crippen LogP contribution in [0.5, 0.6) is 0 Å². The summed E-state index contributed by atoms with van der Waals surface area (Å²) < 4.78 is 10.9. The highest BCUT2D eigenvalue weighted by molar-refractivity contribution is 6.33. The minimum atomic E-state index is -0.689. The molecule has 0 aliphatic carbocycles. The number of aromatic nitrogens is 2. The van der Waals surface area contributed by atoms with Crippen molar-refractivity contribution in [2.75, 3.05) is 18.5 Å². The molecule has 1 saturated heterocycles. The molecule has 1 amide bonds. The van der Waals surface area contributed by atoms with Gasteiger partial charge in [0.05, 0.1) is 16.9 Å². The van der Waals surface area contributed by atoms with Crippen molar-refractivity contribution >= 4 is 29.4 Å². The summed E-state index contributed by atoms with van der Waals surface area (Å²) in [6.45, 7) is 8.88. The minimum Gasteiger partial charge on any atom is -0.458 e. The number of nitrogens with one attached hydrogen (secondary N) is 1. The van der Waals surface area contributed by atoms with Crippen LogP contribution < -0.4 is 5.32 Å². The minimum absolute atomic E-state index is 0.212. The number of rotatable bonds is 5. The molecule has 1 N–H and O–H groups in total. The molecule has 176 valence electrons. The Morgan fingerprint density at radius 3 is 2.73 bits per heavy atom. The van der Waals surface area contributed by atoms with E-state index in [1.54, 1.807) is 40.0 Å². The first-order valence-electron chi connectivity index (χ1n) is 11.2. The highest BCUT2D eigenvalue weighted by Gasteiger charge is 2.36. The molecule has 1 aromatic carbocycles. The number of halogens is 1. The second-order valence-electron chi connectivity index (χ2n) is 9.44. The van der Waals surface area contributed by atoms with E-state index in [1.165, 1.54) is 4.90 Å². The van der Waals surface area contributed by atoms with E-state index in [-0.39, 0.29) is 11.9 Å². The van der Waals surface area contributed by atoms with Gasteiger partial charge in [-0.2, -0.15) is 0 Å². The molecule has 2 aliphatic heterocycles. The predicted octanol–water partition coefficient (Wildman–Crippen LogP) is 4.07. The Hall–Kier alpha value is -2.71. The van der Waals surface area contributed by atoms with E-state index in [9.17, 15) is 9.59 Å². The normalized spacial score (nSPS) is 17.6. The van der Waals surface area contributed by atoms with Gasteiger partial charge >= 0.3 is 5.97 Å². The van der Waals surface area contributed by atoms with Crippen LogP contribution in [0.25, 0.3) is 11.3 Å². The number of esters is 1. The van der Waals surface area contributed by atoms with Crippen molar-refractivity contribution in [2.45, 2.75) is 64.8 Å². The number of carbonyl (C=O) groups is 2. The van der Waals surface area contributed by atoms with Crippen molar-refractivity contribution in [1.29, 1.82) is 0 Å². The molecule has 1 fully saturated rings. The molecule has 0 unspecified atom stereocenters. The third-order valence-electron chi connectivity index (χ3n) is 5.73. The first kappa shape index (κ1) is 23.4. The fourth-order valence-corrected chi connectivity index (χ4v) is 4.16. The van der Waals surface area contributed by atoms with Crippen LogP contribution in [-0.2, 0) is 20.8 Å². The smallest absolute Gasteiger partial charge is 0.329 e. The van der Waals surface area contributed by atoms with Crippen molar-refractivity contribution in [3.63, 3.8) is 0 Å². The molecule has 2 aliphatic rings. The summed E-state index contributed by atoms with van der Waals surface area (Å²) in [5.41, 5.74) is 2.04. The van der Waals surface area contributed by atoms with Crippen LogP contribution in [0, 0.1) is 0 Å². The quantitative estimate of drug-likeness (QED) is 0.655. The molecule has 9 heteroatoms. The van der Waals surface area contributed by atoms with E-state index in [0.717, 1.165) is 24.0 Å². The van der Waals surface area contributed by atoms with Crippen LogP contribution in [0.15, 0.2) is 24.4 Å². The third-order valence-corrected chi connectivity index (χ3v) is 6.01. The molecule has 1 aromatic heterocycles. The van der Waals surface area contributed by atoms with Crippen LogP contribution in [0.2, 0.25) is 5.02 Å². The van der Waals surface area contributed by atoms with Gasteiger partial charge in [-0.1, -0.05) is 23.7 Å². The Labute approximate surface area is 198 Å². The van der Waals surface area contributed by atoms with Gasteiger partial charge in [0, 0.05) is 36.9 Å². The lowest BCUT2D eigenvalue weighted by atomic mass is 10.0. The average molecular weight is 473 g/mol. The fraction of sp³-hybridized carbons (Fsp3) is 0.500. The molecule has 0 saturated carbocycles. The summed E-state index contributed by atoms with van der Waals surface area (Å²) >= 11 is 6.41. The Morgan fingerprint density at radius 2 is 2.03 bits per heavy atom. The van der Waals surface area contributed by atoms with Crippen LogP contribution >= 0.6 is 11.6 Å². The average Bonchev–Trinajstić information content (AvgIpc) is 3.10. The van der Waals surface area contributed by atoms with E-state index < -0.39 is 17.6 Å². The molecule has 3 heterocycles. The fourth-order valence-electron chi connectivity index (χ4n) is 3.96. The molecule has 0 spiro atoms. The maximum atomic E-state index is 13.1. The molecule has 33 heavy (non-hydrogen) atoms. The standard InChI is InChI=1S/C24H29ClN4O4/c1-14(22(31)33-24(2,3)4)29-13-16-6-5-15(11-18(16)21(29)30)20-19(25)12-26-23(28-20)27-17-7-9-32-10-8-17/h5-6,11-12,14,17H,7-10,13H2,1-4H3,(H,26,27,28)/t14-/m1/s1. The van der Waals surface area contributed by atoms with Crippen molar-refractivity contribution in [3.05, 3.63) is 40.5 Å². The van der Waals surface area contributed by atoms with Gasteiger partial charge in [0.1, 0.15) is 11.6 Å². The Morgan fingerprint density at radius 1 is 1.30 bits per heavy atom. The lowest BCUT2D eigenvalue weighted by Gasteiger charge is -2.27.